The van der Waals surface area contributed by atoms with Gasteiger partial charge in [-0.15, -0.1) is 0 Å². The fourth-order valence-corrected chi connectivity index (χ4v) is 3.98. The van der Waals surface area contributed by atoms with Crippen LogP contribution in [-0.2, 0) is 4.79 Å². The molecule has 4 nitrogen and oxygen atoms in total. The van der Waals surface area contributed by atoms with Crippen molar-refractivity contribution in [3.63, 3.8) is 0 Å². The molecule has 1 unspecified atom stereocenters. The first-order chi connectivity index (χ1) is 13.5. The highest BCUT2D eigenvalue weighted by Gasteiger charge is 2.28. The first-order valence-corrected chi connectivity index (χ1v) is 10.1. The molecule has 1 saturated heterocycles. The Morgan fingerprint density at radius 2 is 2.18 bits per heavy atom. The minimum absolute atomic E-state index is 0.0188. The maximum atomic E-state index is 15.3. The van der Waals surface area contributed by atoms with Crippen LogP contribution in [0.4, 0.5) is 4.39 Å². The van der Waals surface area contributed by atoms with E-state index in [0.717, 1.165) is 19.4 Å². The molecule has 0 saturated carbocycles. The van der Waals surface area contributed by atoms with Crippen LogP contribution in [0.15, 0.2) is 36.7 Å². The number of nitrogens with zero attached hydrogens (tertiary/aromatic N) is 1. The second-order valence-electron chi connectivity index (χ2n) is 7.22. The van der Waals surface area contributed by atoms with Gasteiger partial charge < -0.3 is 5.32 Å². The van der Waals surface area contributed by atoms with E-state index in [1.165, 1.54) is 6.20 Å². The minimum atomic E-state index is -0.636. The lowest BCUT2D eigenvalue weighted by atomic mass is 9.84. The van der Waals surface area contributed by atoms with Crippen LogP contribution in [0.3, 0.4) is 0 Å². The lowest BCUT2D eigenvalue weighted by Gasteiger charge is -2.24. The molecule has 2 atom stereocenters. The summed E-state index contributed by atoms with van der Waals surface area (Å²) in [6.45, 7) is 3.55. The number of carbonyl (C=O) groups excluding carboxylic acids is 2. The average molecular weight is 403 g/mol. The van der Waals surface area contributed by atoms with Crippen LogP contribution >= 0.6 is 11.6 Å². The number of ketones is 2. The minimum Gasteiger partial charge on any atom is -0.316 e. The third-order valence-corrected chi connectivity index (χ3v) is 5.72. The van der Waals surface area contributed by atoms with Gasteiger partial charge in [0.1, 0.15) is 11.6 Å². The predicted octanol–water partition coefficient (Wildman–Crippen LogP) is 4.56. The molecule has 1 aliphatic heterocycles. The van der Waals surface area contributed by atoms with Gasteiger partial charge in [-0.2, -0.15) is 0 Å². The smallest absolute Gasteiger partial charge is 0.199 e. The van der Waals surface area contributed by atoms with Gasteiger partial charge in [-0.3, -0.25) is 14.6 Å². The van der Waals surface area contributed by atoms with E-state index >= 15 is 4.39 Å². The summed E-state index contributed by atoms with van der Waals surface area (Å²) in [7, 11) is 0. The van der Waals surface area contributed by atoms with Crippen molar-refractivity contribution >= 4 is 23.2 Å². The van der Waals surface area contributed by atoms with Crippen molar-refractivity contribution in [3.05, 3.63) is 64.2 Å². The Balaban J connectivity index is 1.88. The Hall–Kier alpha value is -2.11. The Morgan fingerprint density at radius 1 is 1.36 bits per heavy atom. The van der Waals surface area contributed by atoms with Crippen LogP contribution in [0.5, 0.6) is 0 Å². The number of halogens is 2. The molecular formula is C22H24ClFN2O2. The van der Waals surface area contributed by atoms with Gasteiger partial charge in [-0.05, 0) is 55.5 Å². The van der Waals surface area contributed by atoms with Gasteiger partial charge in [0.15, 0.2) is 5.78 Å². The first-order valence-electron chi connectivity index (χ1n) is 9.69. The van der Waals surface area contributed by atoms with Crippen molar-refractivity contribution in [1.29, 1.82) is 0 Å². The molecule has 28 heavy (non-hydrogen) atoms. The summed E-state index contributed by atoms with van der Waals surface area (Å²) < 4.78 is 15.3. The molecule has 2 aromatic rings. The Kier molecular flexibility index (Phi) is 6.92. The molecule has 0 amide bonds. The number of benzene rings is 1. The van der Waals surface area contributed by atoms with Crippen molar-refractivity contribution < 1.29 is 14.0 Å². The van der Waals surface area contributed by atoms with Gasteiger partial charge in [0.05, 0.1) is 10.6 Å². The number of aromatic nitrogens is 1. The Morgan fingerprint density at radius 3 is 2.82 bits per heavy atom. The number of pyridine rings is 1. The molecule has 1 aromatic heterocycles. The van der Waals surface area contributed by atoms with E-state index < -0.39 is 11.6 Å². The summed E-state index contributed by atoms with van der Waals surface area (Å²) in [5, 5.41) is 3.31. The van der Waals surface area contributed by atoms with Gasteiger partial charge in [0.2, 0.25) is 0 Å². The highest BCUT2D eigenvalue weighted by Crippen LogP contribution is 2.33. The van der Waals surface area contributed by atoms with E-state index in [-0.39, 0.29) is 40.2 Å². The van der Waals surface area contributed by atoms with Crippen LogP contribution in [0.25, 0.3) is 0 Å². The molecule has 0 radical (unpaired) electrons. The van der Waals surface area contributed by atoms with Gasteiger partial charge in [0, 0.05) is 36.8 Å². The lowest BCUT2D eigenvalue weighted by molar-refractivity contribution is -0.123. The molecule has 0 aliphatic carbocycles. The number of carbonyl (C=O) groups is 2. The molecule has 2 heterocycles. The zero-order chi connectivity index (χ0) is 20.1. The number of piperidine rings is 1. The first kappa shape index (κ1) is 20.6. The highest BCUT2D eigenvalue weighted by molar-refractivity contribution is 6.35. The maximum absolute atomic E-state index is 15.3. The molecule has 1 fully saturated rings. The molecule has 0 spiro atoms. The average Bonchev–Trinajstić information content (AvgIpc) is 2.73. The SMILES string of the molecule is CC[C@H](CC(=O)C1CCCNC1)c1ccc(Cl)c(C(=O)c2cccnc2)c1F. The summed E-state index contributed by atoms with van der Waals surface area (Å²) >= 11 is 6.17. The highest BCUT2D eigenvalue weighted by atomic mass is 35.5. The molecule has 1 N–H and O–H groups in total. The Labute approximate surface area is 169 Å². The van der Waals surface area contributed by atoms with Crippen LogP contribution in [-0.4, -0.2) is 29.6 Å². The summed E-state index contributed by atoms with van der Waals surface area (Å²) in [5.41, 5.74) is 0.492. The van der Waals surface area contributed by atoms with E-state index in [0.29, 0.717) is 18.5 Å². The normalized spacial score (nSPS) is 17.9. The van der Waals surface area contributed by atoms with E-state index in [9.17, 15) is 9.59 Å². The molecule has 0 bridgehead atoms. The summed E-state index contributed by atoms with van der Waals surface area (Å²) in [6, 6.07) is 6.33. The maximum Gasteiger partial charge on any atom is 0.199 e. The third-order valence-electron chi connectivity index (χ3n) is 5.40. The zero-order valence-corrected chi connectivity index (χ0v) is 16.6. The van der Waals surface area contributed by atoms with E-state index in [1.54, 1.807) is 30.5 Å². The third kappa shape index (κ3) is 4.47. The number of nitrogens with one attached hydrogen (secondary N) is 1. The van der Waals surface area contributed by atoms with Crippen molar-refractivity contribution in [2.24, 2.45) is 5.92 Å². The fourth-order valence-electron chi connectivity index (χ4n) is 3.74. The van der Waals surface area contributed by atoms with Gasteiger partial charge in [-0.1, -0.05) is 24.6 Å². The van der Waals surface area contributed by atoms with Gasteiger partial charge in [0.25, 0.3) is 0 Å². The van der Waals surface area contributed by atoms with Crippen molar-refractivity contribution in [3.8, 4) is 0 Å². The largest absolute Gasteiger partial charge is 0.316 e. The second kappa shape index (κ2) is 9.39. The van der Waals surface area contributed by atoms with E-state index in [2.05, 4.69) is 10.3 Å². The summed E-state index contributed by atoms with van der Waals surface area (Å²) in [6.07, 6.45) is 5.65. The van der Waals surface area contributed by atoms with Gasteiger partial charge >= 0.3 is 0 Å². The van der Waals surface area contributed by atoms with Crippen LogP contribution in [0.2, 0.25) is 5.02 Å². The molecule has 6 heteroatoms. The number of hydrogen-bond donors (Lipinski definition) is 1. The molecule has 148 valence electrons. The zero-order valence-electron chi connectivity index (χ0n) is 15.9. The lowest BCUT2D eigenvalue weighted by Crippen LogP contribution is -2.35. The van der Waals surface area contributed by atoms with Gasteiger partial charge in [-0.25, -0.2) is 4.39 Å². The monoisotopic (exact) mass is 402 g/mol. The number of hydrogen-bond acceptors (Lipinski definition) is 4. The topological polar surface area (TPSA) is 59.1 Å². The van der Waals surface area contributed by atoms with Crippen molar-refractivity contribution in [2.75, 3.05) is 13.1 Å². The van der Waals surface area contributed by atoms with E-state index in [1.807, 2.05) is 6.92 Å². The van der Waals surface area contributed by atoms with E-state index in [4.69, 9.17) is 11.6 Å². The molecular weight excluding hydrogens is 379 g/mol. The van der Waals surface area contributed by atoms with Crippen molar-refractivity contribution in [2.45, 2.75) is 38.5 Å². The van der Waals surface area contributed by atoms with Crippen molar-refractivity contribution in [1.82, 2.24) is 10.3 Å². The Bertz CT molecular complexity index is 851. The molecule has 1 aliphatic rings. The standard InChI is InChI=1S/C22H24ClFN2O2/c1-2-14(11-19(27)15-5-3-9-25-12-15)17-7-8-18(23)20(21(17)24)22(28)16-6-4-10-26-13-16/h4,6-8,10,13-15,25H,2-3,5,9,11-12H2,1H3/t14-,15?/m1/s1. The second-order valence-corrected chi connectivity index (χ2v) is 7.62. The summed E-state index contributed by atoms with van der Waals surface area (Å²) in [5.74, 6) is -1.30. The molecule has 3 rings (SSSR count). The fraction of sp³-hybridized carbons (Fsp3) is 0.409. The quantitative estimate of drug-likeness (QED) is 0.690. The number of Topliss-reactive ketones (excluding diaryl/α,β-unsaturated/α-hetero) is 1. The predicted molar refractivity (Wildman–Crippen MR) is 107 cm³/mol. The number of rotatable bonds is 7. The summed E-state index contributed by atoms with van der Waals surface area (Å²) in [4.78, 5) is 29.4. The molecule has 1 aromatic carbocycles. The van der Waals surface area contributed by atoms with Crippen LogP contribution < -0.4 is 5.32 Å². The van der Waals surface area contributed by atoms with Crippen LogP contribution in [0.1, 0.15) is 60.0 Å². The van der Waals surface area contributed by atoms with Crippen LogP contribution in [0, 0.1) is 11.7 Å².